The number of aliphatic imine (C=N–C) groups is 1. The molecule has 1 aliphatic rings. The Morgan fingerprint density at radius 3 is 2.81 bits per heavy atom. The van der Waals surface area contributed by atoms with Crippen LogP contribution in [0.25, 0.3) is 22.2 Å². The maximum atomic E-state index is 15.1. The summed E-state index contributed by atoms with van der Waals surface area (Å²) in [7, 11) is 0. The Bertz CT molecular complexity index is 1200. The monoisotopic (exact) mass is 430 g/mol. The topological polar surface area (TPSA) is 50.6 Å². The summed E-state index contributed by atoms with van der Waals surface area (Å²) >= 11 is 0. The molecule has 1 aromatic heterocycles. The van der Waals surface area contributed by atoms with E-state index < -0.39 is 0 Å². The molecule has 0 saturated carbocycles. The van der Waals surface area contributed by atoms with Crippen molar-refractivity contribution in [3.8, 4) is 11.3 Å². The van der Waals surface area contributed by atoms with Gasteiger partial charge in [0.15, 0.2) is 0 Å². The van der Waals surface area contributed by atoms with Crippen LogP contribution in [-0.2, 0) is 11.2 Å². The van der Waals surface area contributed by atoms with E-state index in [1.807, 2.05) is 44.2 Å². The van der Waals surface area contributed by atoms with E-state index in [0.29, 0.717) is 17.7 Å². The summed E-state index contributed by atoms with van der Waals surface area (Å²) in [5, 5.41) is 0.838. The van der Waals surface area contributed by atoms with E-state index >= 15 is 4.39 Å². The first-order valence-corrected chi connectivity index (χ1v) is 10.7. The average molecular weight is 431 g/mol. The third-order valence-electron chi connectivity index (χ3n) is 5.72. The second-order valence-electron chi connectivity index (χ2n) is 8.00. The number of fused-ring (bicyclic) bond motifs is 1. The molecule has 0 aliphatic carbocycles. The summed E-state index contributed by atoms with van der Waals surface area (Å²) in [6.45, 7) is 10.6. The molecule has 1 aliphatic heterocycles. The van der Waals surface area contributed by atoms with Crippen LogP contribution in [0.3, 0.4) is 0 Å². The summed E-state index contributed by atoms with van der Waals surface area (Å²) in [6.07, 6.45) is 7.71. The van der Waals surface area contributed by atoms with Gasteiger partial charge in [-0.1, -0.05) is 11.6 Å². The second-order valence-corrected chi connectivity index (χ2v) is 8.00. The van der Waals surface area contributed by atoms with Crippen molar-refractivity contribution in [3.05, 3.63) is 77.5 Å². The zero-order valence-corrected chi connectivity index (χ0v) is 18.5. The van der Waals surface area contributed by atoms with Gasteiger partial charge in [0.2, 0.25) is 0 Å². The van der Waals surface area contributed by atoms with Crippen molar-refractivity contribution in [3.63, 3.8) is 0 Å². The quantitative estimate of drug-likeness (QED) is 0.394. The molecule has 2 heterocycles. The lowest BCUT2D eigenvalue weighted by atomic mass is 9.95. The molecule has 0 N–H and O–H groups in total. The first-order valence-electron chi connectivity index (χ1n) is 10.7. The van der Waals surface area contributed by atoms with Gasteiger partial charge in [-0.2, -0.15) is 0 Å². The third kappa shape index (κ3) is 4.75. The van der Waals surface area contributed by atoms with Crippen molar-refractivity contribution in [2.45, 2.75) is 20.3 Å². The molecule has 0 radical (unpaired) electrons. The Morgan fingerprint density at radius 2 is 2.03 bits per heavy atom. The fourth-order valence-corrected chi connectivity index (χ4v) is 4.00. The number of aromatic nitrogens is 2. The molecule has 0 amide bonds. The highest BCUT2D eigenvalue weighted by Gasteiger charge is 2.16. The lowest BCUT2D eigenvalue weighted by Gasteiger charge is -2.29. The lowest BCUT2D eigenvalue weighted by Crippen LogP contribution is -2.36. The molecule has 6 heteroatoms. The minimum atomic E-state index is -0.277. The summed E-state index contributed by atoms with van der Waals surface area (Å²) in [4.78, 5) is 14.9. The number of hydrogen-bond acceptors (Lipinski definition) is 5. The number of morpholine rings is 1. The molecule has 0 unspecified atom stereocenters. The van der Waals surface area contributed by atoms with Crippen molar-refractivity contribution in [1.29, 1.82) is 0 Å². The molecule has 2 aromatic carbocycles. The normalized spacial score (nSPS) is 15.0. The van der Waals surface area contributed by atoms with Gasteiger partial charge in [-0.05, 0) is 74.5 Å². The molecule has 1 saturated heterocycles. The van der Waals surface area contributed by atoms with E-state index in [1.165, 1.54) is 6.33 Å². The van der Waals surface area contributed by atoms with Crippen LogP contribution in [0.5, 0.6) is 0 Å². The van der Waals surface area contributed by atoms with Crippen LogP contribution in [-0.4, -0.2) is 43.0 Å². The Labute approximate surface area is 188 Å². The molecular formula is C26H27FN4O. The minimum absolute atomic E-state index is 0.277. The number of nitrogens with zero attached hydrogens (tertiary/aromatic N) is 4. The highest BCUT2D eigenvalue weighted by atomic mass is 19.1. The van der Waals surface area contributed by atoms with Crippen LogP contribution in [0.2, 0.25) is 0 Å². The molecule has 32 heavy (non-hydrogen) atoms. The fraction of sp³-hybridized carbons (Fsp3) is 0.269. The summed E-state index contributed by atoms with van der Waals surface area (Å²) in [5.74, 6) is -0.277. The van der Waals surface area contributed by atoms with Crippen molar-refractivity contribution >= 4 is 23.3 Å². The predicted molar refractivity (Wildman–Crippen MR) is 129 cm³/mol. The number of halogens is 1. The summed E-state index contributed by atoms with van der Waals surface area (Å²) in [6, 6.07) is 9.60. The number of aryl methyl sites for hydroxylation is 1. The van der Waals surface area contributed by atoms with Crippen molar-refractivity contribution in [2.75, 3.05) is 31.2 Å². The molecule has 1 fully saturated rings. The first kappa shape index (κ1) is 21.8. The number of rotatable bonds is 6. The van der Waals surface area contributed by atoms with Crippen molar-refractivity contribution in [1.82, 2.24) is 9.97 Å². The van der Waals surface area contributed by atoms with Crippen molar-refractivity contribution < 1.29 is 9.13 Å². The van der Waals surface area contributed by atoms with Gasteiger partial charge in [-0.25, -0.2) is 14.4 Å². The molecular weight excluding hydrogens is 403 g/mol. The van der Waals surface area contributed by atoms with E-state index in [1.54, 1.807) is 12.3 Å². The minimum Gasteiger partial charge on any atom is -0.378 e. The Hall–Kier alpha value is -3.38. The molecule has 0 bridgehead atoms. The van der Waals surface area contributed by atoms with Crippen LogP contribution in [0.1, 0.15) is 18.1 Å². The molecule has 0 atom stereocenters. The Balaban J connectivity index is 1.72. The number of anilines is 1. The van der Waals surface area contributed by atoms with Crippen LogP contribution in [0, 0.1) is 12.7 Å². The summed E-state index contributed by atoms with van der Waals surface area (Å²) in [5.41, 5.74) is 6.13. The lowest BCUT2D eigenvalue weighted by molar-refractivity contribution is 0.122. The molecule has 3 aromatic rings. The van der Waals surface area contributed by atoms with Gasteiger partial charge in [-0.15, -0.1) is 0 Å². The van der Waals surface area contributed by atoms with Gasteiger partial charge in [0.25, 0.3) is 0 Å². The van der Waals surface area contributed by atoms with Gasteiger partial charge in [0, 0.05) is 35.9 Å². The molecule has 0 spiro atoms. The number of hydrogen-bond donors (Lipinski definition) is 0. The SMILES string of the molecule is C=N/C=C\C=C(/C)Cc1cc(-c2ncnc3cc(N4CCOCC4)ccc23)c(F)cc1C. The van der Waals surface area contributed by atoms with Gasteiger partial charge in [0.05, 0.1) is 24.4 Å². The van der Waals surface area contributed by atoms with Gasteiger partial charge in [-0.3, -0.25) is 4.99 Å². The summed E-state index contributed by atoms with van der Waals surface area (Å²) < 4.78 is 20.5. The predicted octanol–water partition coefficient (Wildman–Crippen LogP) is 5.28. The highest BCUT2D eigenvalue weighted by molar-refractivity contribution is 5.94. The fourth-order valence-electron chi connectivity index (χ4n) is 4.00. The van der Waals surface area contributed by atoms with Gasteiger partial charge in [0.1, 0.15) is 12.1 Å². The van der Waals surface area contributed by atoms with Crippen LogP contribution < -0.4 is 4.90 Å². The maximum absolute atomic E-state index is 15.1. The zero-order chi connectivity index (χ0) is 22.5. The maximum Gasteiger partial charge on any atom is 0.132 e. The first-order chi connectivity index (χ1) is 15.6. The van der Waals surface area contributed by atoms with Crippen LogP contribution in [0.15, 0.2) is 65.6 Å². The highest BCUT2D eigenvalue weighted by Crippen LogP contribution is 2.32. The number of ether oxygens (including phenoxy) is 1. The van der Waals surface area contributed by atoms with Crippen molar-refractivity contribution in [2.24, 2.45) is 4.99 Å². The molecule has 164 valence electrons. The average Bonchev–Trinajstić information content (AvgIpc) is 2.81. The third-order valence-corrected chi connectivity index (χ3v) is 5.72. The van der Waals surface area contributed by atoms with E-state index in [0.717, 1.165) is 59.6 Å². The smallest absolute Gasteiger partial charge is 0.132 e. The van der Waals surface area contributed by atoms with Crippen LogP contribution in [0.4, 0.5) is 10.1 Å². The van der Waals surface area contributed by atoms with E-state index in [-0.39, 0.29) is 5.82 Å². The Morgan fingerprint density at radius 1 is 1.22 bits per heavy atom. The standard InChI is InChI=1S/C26H27FN4O/c1-18(5-4-8-28-3)13-20-15-23(24(27)14-19(20)2)26-22-7-6-21(16-25(22)29-17-30-26)31-9-11-32-12-10-31/h4-8,14-17H,3,9-13H2,1-2H3/b8-4-,18-5+. The number of benzene rings is 2. The van der Waals surface area contributed by atoms with E-state index in [2.05, 4.69) is 32.6 Å². The van der Waals surface area contributed by atoms with Crippen LogP contribution >= 0.6 is 0 Å². The second kappa shape index (κ2) is 9.83. The van der Waals surface area contributed by atoms with Gasteiger partial charge >= 0.3 is 0 Å². The van der Waals surface area contributed by atoms with E-state index in [4.69, 9.17) is 4.74 Å². The number of allylic oxidation sites excluding steroid dienone is 3. The Kier molecular flexibility index (Phi) is 6.71. The van der Waals surface area contributed by atoms with Gasteiger partial charge < -0.3 is 9.64 Å². The largest absolute Gasteiger partial charge is 0.378 e. The zero-order valence-electron chi connectivity index (χ0n) is 18.5. The van der Waals surface area contributed by atoms with E-state index in [9.17, 15) is 0 Å². The molecule has 4 rings (SSSR count). The molecule has 5 nitrogen and oxygen atoms in total.